The van der Waals surface area contributed by atoms with Gasteiger partial charge in [0.25, 0.3) is 5.91 Å². The summed E-state index contributed by atoms with van der Waals surface area (Å²) in [7, 11) is 0. The number of amides is 1. The van der Waals surface area contributed by atoms with Gasteiger partial charge in [0.2, 0.25) is 0 Å². The van der Waals surface area contributed by atoms with Gasteiger partial charge in [0.15, 0.2) is 0 Å². The summed E-state index contributed by atoms with van der Waals surface area (Å²) in [4.78, 5) is 14.3. The Labute approximate surface area is 124 Å². The Morgan fingerprint density at radius 1 is 1.19 bits per heavy atom. The molecule has 2 rings (SSSR count). The largest absolute Gasteiger partial charge is 0.330 e. The second kappa shape index (κ2) is 6.99. The summed E-state index contributed by atoms with van der Waals surface area (Å²) < 4.78 is 13.4. The van der Waals surface area contributed by atoms with E-state index in [2.05, 4.69) is 0 Å². The number of rotatable bonds is 5. The van der Waals surface area contributed by atoms with E-state index in [0.717, 1.165) is 5.56 Å². The van der Waals surface area contributed by atoms with E-state index < -0.39 is 0 Å². The molecular weight excluding hydrogens is 267 g/mol. The fourth-order valence-electron chi connectivity index (χ4n) is 2.18. The number of nitrogens with zero attached hydrogens (tertiary/aromatic N) is 1. The Hall–Kier alpha value is -2.20. The topological polar surface area (TPSA) is 46.3 Å². The Balaban J connectivity index is 2.33. The van der Waals surface area contributed by atoms with E-state index in [1.807, 2.05) is 25.1 Å². The summed E-state index contributed by atoms with van der Waals surface area (Å²) in [5.41, 5.74) is 7.69. The van der Waals surface area contributed by atoms with E-state index in [0.29, 0.717) is 30.8 Å². The van der Waals surface area contributed by atoms with Crippen molar-refractivity contribution in [2.45, 2.75) is 13.3 Å². The van der Waals surface area contributed by atoms with Crippen molar-refractivity contribution in [3.63, 3.8) is 0 Å². The van der Waals surface area contributed by atoms with Crippen LogP contribution in [0.5, 0.6) is 0 Å². The number of carbonyl (C=O) groups is 1. The van der Waals surface area contributed by atoms with Gasteiger partial charge in [-0.15, -0.1) is 0 Å². The molecule has 21 heavy (non-hydrogen) atoms. The van der Waals surface area contributed by atoms with Crippen LogP contribution in [0, 0.1) is 12.7 Å². The normalized spacial score (nSPS) is 10.4. The smallest absolute Gasteiger partial charge is 0.258 e. The van der Waals surface area contributed by atoms with Crippen molar-refractivity contribution in [1.82, 2.24) is 0 Å². The van der Waals surface area contributed by atoms with Gasteiger partial charge in [0.1, 0.15) is 5.82 Å². The molecule has 0 saturated carbocycles. The highest BCUT2D eigenvalue weighted by Crippen LogP contribution is 2.19. The number of aryl methyl sites for hydroxylation is 1. The number of halogens is 1. The van der Waals surface area contributed by atoms with Crippen molar-refractivity contribution in [2.75, 3.05) is 18.0 Å². The fraction of sp³-hybridized carbons (Fsp3) is 0.235. The number of nitrogens with two attached hydrogens (primary N) is 1. The molecular formula is C17H19FN2O. The van der Waals surface area contributed by atoms with Crippen LogP contribution in [0.25, 0.3) is 0 Å². The van der Waals surface area contributed by atoms with Gasteiger partial charge >= 0.3 is 0 Å². The first-order valence-corrected chi connectivity index (χ1v) is 6.96. The highest BCUT2D eigenvalue weighted by Gasteiger charge is 2.17. The van der Waals surface area contributed by atoms with Crippen molar-refractivity contribution >= 4 is 11.6 Å². The van der Waals surface area contributed by atoms with Crippen LogP contribution < -0.4 is 10.6 Å². The van der Waals surface area contributed by atoms with Gasteiger partial charge in [-0.1, -0.05) is 23.8 Å². The number of carbonyl (C=O) groups excluding carboxylic acids is 1. The van der Waals surface area contributed by atoms with E-state index in [1.54, 1.807) is 23.1 Å². The molecule has 0 atom stereocenters. The molecule has 3 nitrogen and oxygen atoms in total. The highest BCUT2D eigenvalue weighted by atomic mass is 19.1. The molecule has 0 aromatic heterocycles. The van der Waals surface area contributed by atoms with Crippen LogP contribution in [0.3, 0.4) is 0 Å². The summed E-state index contributed by atoms with van der Waals surface area (Å²) in [6.07, 6.45) is 0.661. The van der Waals surface area contributed by atoms with Crippen LogP contribution in [-0.2, 0) is 0 Å². The third-order valence-electron chi connectivity index (χ3n) is 3.22. The lowest BCUT2D eigenvalue weighted by Crippen LogP contribution is -2.33. The predicted octanol–water partition coefficient (Wildman–Crippen LogP) is 3.13. The van der Waals surface area contributed by atoms with Crippen molar-refractivity contribution < 1.29 is 9.18 Å². The molecule has 0 aliphatic heterocycles. The van der Waals surface area contributed by atoms with Crippen molar-refractivity contribution in [3.8, 4) is 0 Å². The summed E-state index contributed by atoms with van der Waals surface area (Å²) in [6.45, 7) is 2.88. The van der Waals surface area contributed by atoms with Gasteiger partial charge in [-0.25, -0.2) is 4.39 Å². The summed E-state index contributed by atoms with van der Waals surface area (Å²) in [5, 5.41) is 0. The predicted molar refractivity (Wildman–Crippen MR) is 82.9 cm³/mol. The molecule has 0 aliphatic rings. The monoisotopic (exact) mass is 286 g/mol. The molecule has 2 aromatic rings. The van der Waals surface area contributed by atoms with Crippen LogP contribution in [0.4, 0.5) is 10.1 Å². The van der Waals surface area contributed by atoms with Gasteiger partial charge in [-0.05, 0) is 50.2 Å². The molecule has 0 radical (unpaired) electrons. The minimum absolute atomic E-state index is 0.141. The molecule has 0 aliphatic carbocycles. The molecule has 0 heterocycles. The number of benzene rings is 2. The van der Waals surface area contributed by atoms with E-state index in [-0.39, 0.29) is 11.7 Å². The maximum Gasteiger partial charge on any atom is 0.258 e. The molecule has 2 aromatic carbocycles. The Kier molecular flexibility index (Phi) is 5.06. The van der Waals surface area contributed by atoms with Crippen LogP contribution >= 0.6 is 0 Å². The van der Waals surface area contributed by atoms with Crippen molar-refractivity contribution in [1.29, 1.82) is 0 Å². The second-order valence-electron chi connectivity index (χ2n) is 4.95. The molecule has 0 saturated heterocycles. The van der Waals surface area contributed by atoms with Gasteiger partial charge < -0.3 is 10.6 Å². The minimum Gasteiger partial charge on any atom is -0.330 e. The van der Waals surface area contributed by atoms with Crippen LogP contribution in [0.1, 0.15) is 22.3 Å². The standard InChI is InChI=1S/C17H19FN2O/c1-13-5-2-6-14(11-13)17(21)20(10-4-9-19)16-8-3-7-15(18)12-16/h2-3,5-8,11-12H,4,9-10,19H2,1H3. The zero-order chi connectivity index (χ0) is 15.2. The maximum atomic E-state index is 13.4. The molecule has 110 valence electrons. The fourth-order valence-corrected chi connectivity index (χ4v) is 2.18. The highest BCUT2D eigenvalue weighted by molar-refractivity contribution is 6.06. The third kappa shape index (κ3) is 3.89. The Morgan fingerprint density at radius 3 is 2.62 bits per heavy atom. The van der Waals surface area contributed by atoms with E-state index in [9.17, 15) is 9.18 Å². The summed E-state index contributed by atoms with van der Waals surface area (Å²) in [5.74, 6) is -0.500. The number of hydrogen-bond acceptors (Lipinski definition) is 2. The lowest BCUT2D eigenvalue weighted by Gasteiger charge is -2.23. The van der Waals surface area contributed by atoms with Crippen molar-refractivity contribution in [2.24, 2.45) is 5.73 Å². The summed E-state index contributed by atoms with van der Waals surface area (Å²) in [6, 6.07) is 13.4. The van der Waals surface area contributed by atoms with Gasteiger partial charge in [0, 0.05) is 17.8 Å². The lowest BCUT2D eigenvalue weighted by molar-refractivity contribution is 0.0986. The minimum atomic E-state index is -0.359. The van der Waals surface area contributed by atoms with Crippen molar-refractivity contribution in [3.05, 3.63) is 65.5 Å². The lowest BCUT2D eigenvalue weighted by atomic mass is 10.1. The quantitative estimate of drug-likeness (QED) is 0.918. The van der Waals surface area contributed by atoms with Gasteiger partial charge in [-0.3, -0.25) is 4.79 Å². The Bertz CT molecular complexity index is 628. The van der Waals surface area contributed by atoms with Gasteiger partial charge in [-0.2, -0.15) is 0 Å². The maximum absolute atomic E-state index is 13.4. The molecule has 1 amide bonds. The zero-order valence-corrected chi connectivity index (χ0v) is 12.1. The third-order valence-corrected chi connectivity index (χ3v) is 3.22. The molecule has 0 bridgehead atoms. The van der Waals surface area contributed by atoms with Crippen LogP contribution in [-0.4, -0.2) is 19.0 Å². The number of hydrogen-bond donors (Lipinski definition) is 1. The molecule has 2 N–H and O–H groups in total. The van der Waals surface area contributed by atoms with Gasteiger partial charge in [0.05, 0.1) is 0 Å². The summed E-state index contributed by atoms with van der Waals surface area (Å²) >= 11 is 0. The first-order chi connectivity index (χ1) is 10.1. The van der Waals surface area contributed by atoms with E-state index in [1.165, 1.54) is 12.1 Å². The zero-order valence-electron chi connectivity index (χ0n) is 12.1. The first-order valence-electron chi connectivity index (χ1n) is 6.96. The average molecular weight is 286 g/mol. The SMILES string of the molecule is Cc1cccc(C(=O)N(CCCN)c2cccc(F)c2)c1. The molecule has 0 fully saturated rings. The molecule has 0 unspecified atom stereocenters. The van der Waals surface area contributed by atoms with Crippen LogP contribution in [0.15, 0.2) is 48.5 Å². The second-order valence-corrected chi connectivity index (χ2v) is 4.95. The molecule has 4 heteroatoms. The Morgan fingerprint density at radius 2 is 1.95 bits per heavy atom. The number of anilines is 1. The van der Waals surface area contributed by atoms with E-state index in [4.69, 9.17) is 5.73 Å². The first kappa shape index (κ1) is 15.2. The molecule has 0 spiro atoms. The average Bonchev–Trinajstić information content (AvgIpc) is 2.47. The van der Waals surface area contributed by atoms with Crippen LogP contribution in [0.2, 0.25) is 0 Å². The van der Waals surface area contributed by atoms with E-state index >= 15 is 0 Å².